The molecule has 2 bridgehead atoms. The fraction of sp³-hybridized carbons (Fsp3) is 0.615. The van der Waals surface area contributed by atoms with Gasteiger partial charge in [-0.05, 0) is 24.7 Å². The molecular formula is C13H18BN3O4. The van der Waals surface area contributed by atoms with E-state index in [4.69, 9.17) is 14.8 Å². The van der Waals surface area contributed by atoms with Crippen molar-refractivity contribution in [2.24, 2.45) is 17.8 Å². The van der Waals surface area contributed by atoms with Gasteiger partial charge >= 0.3 is 13.1 Å². The fourth-order valence-corrected chi connectivity index (χ4v) is 3.53. The van der Waals surface area contributed by atoms with Gasteiger partial charge in [0, 0.05) is 30.9 Å². The number of hydrogen-bond donors (Lipinski definition) is 2. The van der Waals surface area contributed by atoms with E-state index in [0.717, 1.165) is 25.9 Å². The molecule has 2 aliphatic rings. The van der Waals surface area contributed by atoms with Crippen LogP contribution >= 0.6 is 0 Å². The molecule has 0 spiro atoms. The number of hydrogen-bond acceptors (Lipinski definition) is 7. The van der Waals surface area contributed by atoms with E-state index in [9.17, 15) is 4.79 Å². The van der Waals surface area contributed by atoms with E-state index >= 15 is 0 Å². The molecule has 2 heterocycles. The maximum absolute atomic E-state index is 11.9. The van der Waals surface area contributed by atoms with Crippen molar-refractivity contribution in [3.63, 3.8) is 0 Å². The molecule has 1 aliphatic heterocycles. The summed E-state index contributed by atoms with van der Waals surface area (Å²) in [7, 11) is -0.115. The van der Waals surface area contributed by atoms with E-state index in [-0.39, 0.29) is 29.2 Å². The highest BCUT2D eigenvalue weighted by Crippen LogP contribution is 2.43. The summed E-state index contributed by atoms with van der Waals surface area (Å²) in [4.78, 5) is 22.3. The van der Waals surface area contributed by atoms with Gasteiger partial charge in [0.25, 0.3) is 0 Å². The number of piperidine rings is 1. The Morgan fingerprint density at radius 1 is 1.29 bits per heavy atom. The average Bonchev–Trinajstić information content (AvgIpc) is 2.76. The zero-order valence-corrected chi connectivity index (χ0v) is 11.8. The molecule has 1 aromatic heterocycles. The number of methoxy groups -OCH3 is 1. The number of aromatic nitrogens is 2. The molecule has 21 heavy (non-hydrogen) atoms. The van der Waals surface area contributed by atoms with Gasteiger partial charge in [-0.2, -0.15) is 0 Å². The molecule has 3 rings (SSSR count). The van der Waals surface area contributed by atoms with Crippen molar-refractivity contribution in [3.8, 4) is 0 Å². The first kappa shape index (κ1) is 14.3. The number of anilines is 1. The molecule has 2 fully saturated rings. The molecule has 0 aromatic carbocycles. The predicted octanol–water partition coefficient (Wildman–Crippen LogP) is -1.21. The number of nitrogens with zero attached hydrogens (tertiary/aromatic N) is 3. The highest BCUT2D eigenvalue weighted by Gasteiger charge is 2.46. The molecule has 1 aliphatic carbocycles. The van der Waals surface area contributed by atoms with Crippen molar-refractivity contribution in [3.05, 3.63) is 12.4 Å². The van der Waals surface area contributed by atoms with Gasteiger partial charge in [-0.25, -0.2) is 9.97 Å². The Hall–Kier alpha value is -1.67. The molecule has 3 atom stereocenters. The third-order valence-corrected chi connectivity index (χ3v) is 4.55. The lowest BCUT2D eigenvalue weighted by atomic mass is 9.83. The third kappa shape index (κ3) is 2.61. The maximum atomic E-state index is 11.9. The second kappa shape index (κ2) is 5.61. The lowest BCUT2D eigenvalue weighted by molar-refractivity contribution is -0.148. The van der Waals surface area contributed by atoms with Crippen LogP contribution < -0.4 is 10.4 Å². The highest BCUT2D eigenvalue weighted by molar-refractivity contribution is 6.58. The molecule has 0 unspecified atom stereocenters. The van der Waals surface area contributed by atoms with Crippen molar-refractivity contribution < 1.29 is 19.6 Å². The zero-order valence-electron chi connectivity index (χ0n) is 11.8. The van der Waals surface area contributed by atoms with E-state index in [2.05, 4.69) is 14.9 Å². The summed E-state index contributed by atoms with van der Waals surface area (Å²) >= 11 is 0. The molecule has 0 radical (unpaired) electrons. The Labute approximate surface area is 123 Å². The maximum Gasteiger partial charge on any atom is 0.491 e. The number of ether oxygens (including phenoxy) is 1. The van der Waals surface area contributed by atoms with Crippen LogP contribution in [0.15, 0.2) is 12.4 Å². The smallest absolute Gasteiger partial charge is 0.469 e. The fourth-order valence-electron chi connectivity index (χ4n) is 3.53. The lowest BCUT2D eigenvalue weighted by Crippen LogP contribution is -2.46. The lowest BCUT2D eigenvalue weighted by Gasteiger charge is -2.36. The van der Waals surface area contributed by atoms with Crippen molar-refractivity contribution in [1.29, 1.82) is 0 Å². The summed E-state index contributed by atoms with van der Waals surface area (Å²) in [6, 6.07) is 0. The topological polar surface area (TPSA) is 95.8 Å². The van der Waals surface area contributed by atoms with E-state index in [1.807, 2.05) is 0 Å². The normalized spacial score (nSPS) is 27.6. The molecular weight excluding hydrogens is 273 g/mol. The summed E-state index contributed by atoms with van der Waals surface area (Å²) in [5.41, 5.74) is 0.270. The van der Waals surface area contributed by atoms with Crippen LogP contribution in [-0.4, -0.2) is 53.3 Å². The summed E-state index contributed by atoms with van der Waals surface area (Å²) in [5, 5.41) is 18.1. The van der Waals surface area contributed by atoms with Crippen LogP contribution in [0.1, 0.15) is 12.8 Å². The first-order valence-corrected chi connectivity index (χ1v) is 7.11. The van der Waals surface area contributed by atoms with E-state index < -0.39 is 7.12 Å². The van der Waals surface area contributed by atoms with Gasteiger partial charge in [0.05, 0.1) is 13.0 Å². The average molecular weight is 291 g/mol. The summed E-state index contributed by atoms with van der Waals surface area (Å²) in [6.07, 6.45) is 4.88. The zero-order chi connectivity index (χ0) is 15.0. The van der Waals surface area contributed by atoms with E-state index in [1.54, 1.807) is 0 Å². The summed E-state index contributed by atoms with van der Waals surface area (Å²) in [6.45, 7) is 1.47. The van der Waals surface area contributed by atoms with Crippen molar-refractivity contribution in [2.45, 2.75) is 12.8 Å². The van der Waals surface area contributed by atoms with Crippen LogP contribution in [0.25, 0.3) is 0 Å². The van der Waals surface area contributed by atoms with Crippen LogP contribution in [0, 0.1) is 17.8 Å². The Balaban J connectivity index is 1.74. The van der Waals surface area contributed by atoms with Crippen LogP contribution in [0.4, 0.5) is 5.95 Å². The Morgan fingerprint density at radius 3 is 2.33 bits per heavy atom. The van der Waals surface area contributed by atoms with Crippen LogP contribution in [0.2, 0.25) is 0 Å². The van der Waals surface area contributed by atoms with Crippen molar-refractivity contribution >= 4 is 24.5 Å². The molecule has 1 saturated carbocycles. The number of carbonyl (C=O) groups excluding carboxylic acids is 1. The first-order chi connectivity index (χ1) is 10.1. The van der Waals surface area contributed by atoms with Crippen LogP contribution in [0.5, 0.6) is 0 Å². The third-order valence-electron chi connectivity index (χ3n) is 4.55. The van der Waals surface area contributed by atoms with Crippen LogP contribution in [0.3, 0.4) is 0 Å². The van der Waals surface area contributed by atoms with E-state index in [0.29, 0.717) is 5.95 Å². The van der Waals surface area contributed by atoms with Crippen molar-refractivity contribution in [1.82, 2.24) is 9.97 Å². The minimum absolute atomic E-state index is 0.00946. The van der Waals surface area contributed by atoms with Gasteiger partial charge in [0.15, 0.2) is 0 Å². The molecule has 8 heteroatoms. The second-order valence-corrected chi connectivity index (χ2v) is 5.74. The summed E-state index contributed by atoms with van der Waals surface area (Å²) < 4.78 is 4.91. The molecule has 7 nitrogen and oxygen atoms in total. The van der Waals surface area contributed by atoms with Gasteiger partial charge in [0.2, 0.25) is 5.95 Å². The summed E-state index contributed by atoms with van der Waals surface area (Å²) in [5.74, 6) is 1.01. The van der Waals surface area contributed by atoms with Gasteiger partial charge < -0.3 is 19.7 Å². The van der Waals surface area contributed by atoms with Gasteiger partial charge in [-0.3, -0.25) is 4.79 Å². The van der Waals surface area contributed by atoms with E-state index in [1.165, 1.54) is 19.5 Å². The predicted molar refractivity (Wildman–Crippen MR) is 75.8 cm³/mol. The van der Waals surface area contributed by atoms with Crippen molar-refractivity contribution in [2.75, 3.05) is 25.1 Å². The number of carbonyl (C=O) groups is 1. The Morgan fingerprint density at radius 2 is 1.86 bits per heavy atom. The standard InChI is InChI=1S/C13H18BN3O4/c1-21-12(18)11-8-2-3-9(11)7-17(6-8)13-15-4-10(5-16-13)14(19)20/h4-5,8-9,11,19-20H,2-3,6-7H2,1H3/t8-,9+,11-. The first-order valence-electron chi connectivity index (χ1n) is 7.11. The van der Waals surface area contributed by atoms with Gasteiger partial charge in [-0.15, -0.1) is 0 Å². The monoisotopic (exact) mass is 291 g/mol. The largest absolute Gasteiger partial charge is 0.491 e. The minimum Gasteiger partial charge on any atom is -0.469 e. The molecule has 0 amide bonds. The van der Waals surface area contributed by atoms with Crippen LogP contribution in [-0.2, 0) is 9.53 Å². The molecule has 1 saturated heterocycles. The Kier molecular flexibility index (Phi) is 3.82. The SMILES string of the molecule is COC(=O)[C@@H]1[C@@H]2CC[C@H]1CN(c1ncc(B(O)O)cn1)C2. The molecule has 2 N–H and O–H groups in total. The number of fused-ring (bicyclic) bond motifs is 2. The van der Waals surface area contributed by atoms with Gasteiger partial charge in [0.1, 0.15) is 0 Å². The van der Waals surface area contributed by atoms with Gasteiger partial charge in [-0.1, -0.05) is 0 Å². The number of esters is 1. The quantitative estimate of drug-likeness (QED) is 0.533. The Bertz CT molecular complexity index is 511. The minimum atomic E-state index is -1.56. The molecule has 1 aromatic rings. The number of rotatable bonds is 3. The molecule has 112 valence electrons. The second-order valence-electron chi connectivity index (χ2n) is 5.74. The highest BCUT2D eigenvalue weighted by atomic mass is 16.5.